The van der Waals surface area contributed by atoms with Crippen LogP contribution in [-0.2, 0) is 6.42 Å². The molecule has 0 saturated heterocycles. The highest BCUT2D eigenvalue weighted by Gasteiger charge is 2.09. The van der Waals surface area contributed by atoms with E-state index in [2.05, 4.69) is 31.1 Å². The zero-order valence-electron chi connectivity index (χ0n) is 10.9. The van der Waals surface area contributed by atoms with Crippen LogP contribution in [0.5, 0.6) is 5.75 Å². The van der Waals surface area contributed by atoms with Crippen molar-refractivity contribution in [3.05, 3.63) is 29.8 Å². The molecule has 1 unspecified atom stereocenters. The highest BCUT2D eigenvalue weighted by Crippen LogP contribution is 2.12. The monoisotopic (exact) mass is 248 g/mol. The first-order valence-corrected chi connectivity index (χ1v) is 9.24. The summed E-state index contributed by atoms with van der Waals surface area (Å²) in [6, 6.07) is 7.71. The van der Waals surface area contributed by atoms with E-state index in [1.165, 1.54) is 0 Å². The Labute approximate surface area is 105 Å². The second kappa shape index (κ2) is 5.90. The van der Waals surface area contributed by atoms with Gasteiger partial charge in [-0.25, -0.2) is 0 Å². The highest BCUT2D eigenvalue weighted by atomic mass is 28.3. The van der Waals surface area contributed by atoms with Gasteiger partial charge in [-0.3, -0.25) is 0 Å². The van der Waals surface area contributed by atoms with Crippen molar-refractivity contribution in [2.24, 2.45) is 0 Å². The summed E-state index contributed by atoms with van der Waals surface area (Å²) in [7, 11) is 0.249. The molecule has 1 aromatic rings. The van der Waals surface area contributed by atoms with Crippen molar-refractivity contribution in [1.29, 1.82) is 0 Å². The lowest BCUT2D eigenvalue weighted by Gasteiger charge is -2.07. The van der Waals surface area contributed by atoms with E-state index in [1.54, 1.807) is 7.11 Å². The summed E-state index contributed by atoms with van der Waals surface area (Å²) in [4.78, 5) is 0. The number of methoxy groups -OCH3 is 1. The van der Waals surface area contributed by atoms with Crippen LogP contribution in [0.2, 0.25) is 19.6 Å². The Morgan fingerprint density at radius 3 is 2.29 bits per heavy atom. The maximum atomic E-state index is 9.81. The molecule has 0 bridgehead atoms. The lowest BCUT2D eigenvalue weighted by Crippen LogP contribution is -2.18. The molecule has 1 N–H and O–H groups in total. The fourth-order valence-corrected chi connectivity index (χ4v) is 1.94. The molecular weight excluding hydrogens is 228 g/mol. The molecule has 0 spiro atoms. The average molecular weight is 248 g/mol. The minimum atomic E-state index is -1.39. The smallest absolute Gasteiger partial charge is 0.129 e. The van der Waals surface area contributed by atoms with Crippen molar-refractivity contribution in [2.75, 3.05) is 7.11 Å². The SMILES string of the molecule is COc1ccc(CC(O)C#C[Si](C)(C)C)cc1. The minimum absolute atomic E-state index is 0.571. The first kappa shape index (κ1) is 13.8. The largest absolute Gasteiger partial charge is 0.497 e. The van der Waals surface area contributed by atoms with E-state index in [4.69, 9.17) is 4.74 Å². The Kier molecular flexibility index (Phi) is 4.80. The fraction of sp³-hybridized carbons (Fsp3) is 0.429. The third-order valence-electron chi connectivity index (χ3n) is 2.20. The molecule has 0 radical (unpaired) electrons. The average Bonchev–Trinajstić information content (AvgIpc) is 2.27. The van der Waals surface area contributed by atoms with Crippen molar-refractivity contribution in [2.45, 2.75) is 32.2 Å². The van der Waals surface area contributed by atoms with Crippen LogP contribution in [0.4, 0.5) is 0 Å². The molecule has 0 saturated carbocycles. The summed E-state index contributed by atoms with van der Waals surface area (Å²) < 4.78 is 5.08. The maximum Gasteiger partial charge on any atom is 0.129 e. The lowest BCUT2D eigenvalue weighted by atomic mass is 10.1. The Morgan fingerprint density at radius 1 is 1.24 bits per heavy atom. The number of hydrogen-bond donors (Lipinski definition) is 1. The number of aliphatic hydroxyl groups is 1. The van der Waals surface area contributed by atoms with Gasteiger partial charge in [-0.05, 0) is 17.7 Å². The van der Waals surface area contributed by atoms with E-state index in [-0.39, 0.29) is 0 Å². The molecule has 92 valence electrons. The maximum absolute atomic E-state index is 9.81. The van der Waals surface area contributed by atoms with E-state index in [9.17, 15) is 5.11 Å². The predicted octanol–water partition coefficient (Wildman–Crippen LogP) is 2.48. The Bertz CT molecular complexity index is 407. The molecule has 0 aliphatic heterocycles. The summed E-state index contributed by atoms with van der Waals surface area (Å²) in [6.07, 6.45) is -0.00306. The number of benzene rings is 1. The van der Waals surface area contributed by atoms with Gasteiger partial charge in [0.1, 0.15) is 19.9 Å². The van der Waals surface area contributed by atoms with Gasteiger partial charge in [0.05, 0.1) is 7.11 Å². The van der Waals surface area contributed by atoms with E-state index < -0.39 is 14.2 Å². The second-order valence-corrected chi connectivity index (χ2v) is 9.84. The highest BCUT2D eigenvalue weighted by molar-refractivity contribution is 6.83. The van der Waals surface area contributed by atoms with Crippen molar-refractivity contribution in [3.8, 4) is 17.2 Å². The van der Waals surface area contributed by atoms with Crippen LogP contribution in [0, 0.1) is 11.5 Å². The molecule has 3 heteroatoms. The van der Waals surface area contributed by atoms with Gasteiger partial charge >= 0.3 is 0 Å². The summed E-state index contributed by atoms with van der Waals surface area (Å²) in [5, 5.41) is 9.81. The standard InChI is InChI=1S/C14H20O2Si/c1-16-14-7-5-12(6-8-14)11-13(15)9-10-17(2,3)4/h5-8,13,15H,11H2,1-4H3. The normalized spacial score (nSPS) is 12.5. The Morgan fingerprint density at radius 2 is 1.82 bits per heavy atom. The zero-order chi connectivity index (χ0) is 12.9. The van der Waals surface area contributed by atoms with Gasteiger partial charge in [0.2, 0.25) is 0 Å². The first-order chi connectivity index (χ1) is 7.90. The van der Waals surface area contributed by atoms with Crippen molar-refractivity contribution >= 4 is 8.07 Å². The van der Waals surface area contributed by atoms with Crippen molar-refractivity contribution < 1.29 is 9.84 Å². The number of rotatable bonds is 3. The number of aliphatic hydroxyl groups excluding tert-OH is 1. The molecule has 0 aliphatic rings. The van der Waals surface area contributed by atoms with Gasteiger partial charge in [-0.2, -0.15) is 0 Å². The van der Waals surface area contributed by atoms with Gasteiger partial charge < -0.3 is 9.84 Å². The van der Waals surface area contributed by atoms with Crippen LogP contribution in [-0.4, -0.2) is 26.4 Å². The zero-order valence-corrected chi connectivity index (χ0v) is 11.9. The predicted molar refractivity (Wildman–Crippen MR) is 73.8 cm³/mol. The molecule has 0 heterocycles. The van der Waals surface area contributed by atoms with E-state index in [1.807, 2.05) is 24.3 Å². The molecule has 2 nitrogen and oxygen atoms in total. The molecule has 0 fully saturated rings. The second-order valence-electron chi connectivity index (χ2n) is 5.09. The summed E-state index contributed by atoms with van der Waals surface area (Å²) in [5.74, 6) is 3.77. The minimum Gasteiger partial charge on any atom is -0.497 e. The fourth-order valence-electron chi connectivity index (χ4n) is 1.34. The van der Waals surface area contributed by atoms with Gasteiger partial charge in [0, 0.05) is 6.42 Å². The molecular formula is C14H20O2Si. The van der Waals surface area contributed by atoms with Crippen LogP contribution >= 0.6 is 0 Å². The van der Waals surface area contributed by atoms with Crippen molar-refractivity contribution in [3.63, 3.8) is 0 Å². The van der Waals surface area contributed by atoms with Crippen LogP contribution in [0.15, 0.2) is 24.3 Å². The van der Waals surface area contributed by atoms with Crippen LogP contribution in [0.25, 0.3) is 0 Å². The Hall–Kier alpha value is -1.24. The third-order valence-corrected chi connectivity index (χ3v) is 3.10. The summed E-state index contributed by atoms with van der Waals surface area (Å²) >= 11 is 0. The van der Waals surface area contributed by atoms with E-state index >= 15 is 0 Å². The van der Waals surface area contributed by atoms with E-state index in [0.29, 0.717) is 6.42 Å². The van der Waals surface area contributed by atoms with Gasteiger partial charge in [0.25, 0.3) is 0 Å². The van der Waals surface area contributed by atoms with E-state index in [0.717, 1.165) is 11.3 Å². The quantitative estimate of drug-likeness (QED) is 0.658. The third kappa shape index (κ3) is 5.57. The van der Waals surface area contributed by atoms with Gasteiger partial charge in [0.15, 0.2) is 0 Å². The topological polar surface area (TPSA) is 29.5 Å². The molecule has 0 amide bonds. The first-order valence-electron chi connectivity index (χ1n) is 5.74. The number of hydrogen-bond acceptors (Lipinski definition) is 2. The van der Waals surface area contributed by atoms with Gasteiger partial charge in [-0.15, -0.1) is 5.54 Å². The summed E-state index contributed by atoms with van der Waals surface area (Å²) in [5.41, 5.74) is 4.25. The Balaban J connectivity index is 2.61. The number of ether oxygens (including phenoxy) is 1. The molecule has 1 rings (SSSR count). The van der Waals surface area contributed by atoms with Gasteiger partial charge in [-0.1, -0.05) is 37.7 Å². The van der Waals surface area contributed by atoms with Crippen molar-refractivity contribution in [1.82, 2.24) is 0 Å². The molecule has 1 atom stereocenters. The van der Waals surface area contributed by atoms with Crippen LogP contribution < -0.4 is 4.74 Å². The van der Waals surface area contributed by atoms with Crippen LogP contribution in [0.3, 0.4) is 0 Å². The molecule has 17 heavy (non-hydrogen) atoms. The molecule has 0 aliphatic carbocycles. The molecule has 0 aromatic heterocycles. The lowest BCUT2D eigenvalue weighted by molar-refractivity contribution is 0.233. The summed E-state index contributed by atoms with van der Waals surface area (Å²) in [6.45, 7) is 6.50. The molecule has 1 aromatic carbocycles. The van der Waals surface area contributed by atoms with Crippen LogP contribution in [0.1, 0.15) is 5.56 Å².